The van der Waals surface area contributed by atoms with Gasteiger partial charge in [-0.2, -0.15) is 0 Å². The molecule has 0 aromatic carbocycles. The molecule has 0 spiro atoms. The van der Waals surface area contributed by atoms with E-state index in [0.717, 1.165) is 0 Å². The highest BCUT2D eigenvalue weighted by Crippen LogP contribution is 2.44. The van der Waals surface area contributed by atoms with Crippen molar-refractivity contribution < 1.29 is 23.8 Å². The number of fused-ring (bicyclic) bond motifs is 5. The quantitative estimate of drug-likeness (QED) is 0.373. The Kier molecular flexibility index (Phi) is 3.87. The highest BCUT2D eigenvalue weighted by molar-refractivity contribution is 6.06. The zero-order chi connectivity index (χ0) is 14.1. The predicted octanol–water partition coefficient (Wildman–Crippen LogP) is -0.0221. The predicted molar refractivity (Wildman–Crippen MR) is 68.8 cm³/mol. The van der Waals surface area contributed by atoms with E-state index < -0.39 is 0 Å². The maximum Gasteiger partial charge on any atom is 0.236 e. The Bertz CT molecular complexity index is 405. The lowest BCUT2D eigenvalue weighted by Gasteiger charge is -2.17. The van der Waals surface area contributed by atoms with Gasteiger partial charge in [-0.1, -0.05) is 12.2 Å². The average molecular weight is 281 g/mol. The second-order valence-corrected chi connectivity index (χ2v) is 5.29. The molecule has 0 aliphatic carbocycles. The largest absolute Gasteiger partial charge is 0.382 e. The van der Waals surface area contributed by atoms with Crippen molar-refractivity contribution in [3.8, 4) is 0 Å². The third-order valence-electron chi connectivity index (χ3n) is 4.10. The molecule has 0 aromatic heterocycles. The van der Waals surface area contributed by atoms with Crippen molar-refractivity contribution in [1.29, 1.82) is 0 Å². The summed E-state index contributed by atoms with van der Waals surface area (Å²) in [6.45, 7) is 2.04. The van der Waals surface area contributed by atoms with Gasteiger partial charge in [0, 0.05) is 20.3 Å². The van der Waals surface area contributed by atoms with Gasteiger partial charge in [0.25, 0.3) is 0 Å². The van der Waals surface area contributed by atoms with Crippen LogP contribution < -0.4 is 0 Å². The van der Waals surface area contributed by atoms with Gasteiger partial charge in [0.2, 0.25) is 11.8 Å². The maximum absolute atomic E-state index is 12.3. The van der Waals surface area contributed by atoms with Gasteiger partial charge in [-0.05, 0) is 6.42 Å². The molecule has 3 heterocycles. The molecule has 3 aliphatic heterocycles. The molecule has 0 aromatic rings. The summed E-state index contributed by atoms with van der Waals surface area (Å²) < 4.78 is 15.8. The van der Waals surface area contributed by atoms with Crippen LogP contribution >= 0.6 is 0 Å². The average Bonchev–Trinajstić information content (AvgIpc) is 3.11. The third-order valence-corrected chi connectivity index (χ3v) is 4.10. The van der Waals surface area contributed by atoms with E-state index in [1.54, 1.807) is 7.11 Å². The number of carbonyl (C=O) groups is 2. The van der Waals surface area contributed by atoms with Gasteiger partial charge in [-0.15, -0.1) is 0 Å². The van der Waals surface area contributed by atoms with Gasteiger partial charge in [-0.3, -0.25) is 14.5 Å². The summed E-state index contributed by atoms with van der Waals surface area (Å²) >= 11 is 0. The first kappa shape index (κ1) is 13.7. The van der Waals surface area contributed by atoms with Crippen molar-refractivity contribution in [1.82, 2.24) is 4.90 Å². The molecule has 3 rings (SSSR count). The summed E-state index contributed by atoms with van der Waals surface area (Å²) in [6, 6.07) is 0. The third kappa shape index (κ3) is 2.17. The minimum absolute atomic E-state index is 0.0891. The van der Waals surface area contributed by atoms with Gasteiger partial charge in [0.1, 0.15) is 0 Å². The zero-order valence-electron chi connectivity index (χ0n) is 11.5. The Morgan fingerprint density at radius 3 is 2.35 bits per heavy atom. The number of hydrogen-bond donors (Lipinski definition) is 0. The maximum atomic E-state index is 12.3. The van der Waals surface area contributed by atoms with Crippen LogP contribution in [0, 0.1) is 11.8 Å². The van der Waals surface area contributed by atoms with Crippen molar-refractivity contribution in [2.75, 3.05) is 33.5 Å². The molecular formula is C14H19NO5. The van der Waals surface area contributed by atoms with Crippen LogP contribution in [-0.4, -0.2) is 62.4 Å². The summed E-state index contributed by atoms with van der Waals surface area (Å²) in [6.07, 6.45) is 4.04. The monoisotopic (exact) mass is 281 g/mol. The Morgan fingerprint density at radius 2 is 1.75 bits per heavy atom. The number of nitrogens with zero attached hydrogens (tertiary/aromatic N) is 1. The second kappa shape index (κ2) is 5.63. The van der Waals surface area contributed by atoms with Gasteiger partial charge >= 0.3 is 0 Å². The molecule has 6 nitrogen and oxygen atoms in total. The van der Waals surface area contributed by atoms with Crippen molar-refractivity contribution in [2.24, 2.45) is 11.8 Å². The zero-order valence-corrected chi connectivity index (χ0v) is 11.5. The van der Waals surface area contributed by atoms with Gasteiger partial charge < -0.3 is 14.2 Å². The molecule has 0 radical (unpaired) electrons. The molecule has 4 atom stereocenters. The number of rotatable bonds is 7. The Balaban J connectivity index is 1.49. The molecule has 20 heavy (non-hydrogen) atoms. The van der Waals surface area contributed by atoms with E-state index in [-0.39, 0.29) is 35.9 Å². The van der Waals surface area contributed by atoms with E-state index in [4.69, 9.17) is 14.2 Å². The minimum atomic E-state index is -0.299. The molecule has 0 N–H and O–H groups in total. The van der Waals surface area contributed by atoms with Crippen LogP contribution in [0.5, 0.6) is 0 Å². The van der Waals surface area contributed by atoms with Crippen LogP contribution in [0.1, 0.15) is 6.42 Å². The summed E-state index contributed by atoms with van der Waals surface area (Å²) in [7, 11) is 1.62. The highest BCUT2D eigenvalue weighted by Gasteiger charge is 2.60. The van der Waals surface area contributed by atoms with Crippen molar-refractivity contribution in [3.05, 3.63) is 12.2 Å². The summed E-state index contributed by atoms with van der Waals surface area (Å²) in [5.41, 5.74) is 0. The first-order valence-corrected chi connectivity index (χ1v) is 6.99. The fraction of sp³-hybridized carbons (Fsp3) is 0.714. The number of hydrogen-bond acceptors (Lipinski definition) is 5. The first-order chi connectivity index (χ1) is 9.74. The van der Waals surface area contributed by atoms with E-state index in [2.05, 4.69) is 0 Å². The molecule has 6 heteroatoms. The summed E-state index contributed by atoms with van der Waals surface area (Å²) in [4.78, 5) is 25.9. The smallest absolute Gasteiger partial charge is 0.236 e. The van der Waals surface area contributed by atoms with Gasteiger partial charge in [0.05, 0.1) is 37.3 Å². The van der Waals surface area contributed by atoms with E-state index in [1.165, 1.54) is 4.90 Å². The van der Waals surface area contributed by atoms with E-state index >= 15 is 0 Å². The Labute approximate surface area is 117 Å². The Morgan fingerprint density at radius 1 is 1.10 bits per heavy atom. The van der Waals surface area contributed by atoms with Crippen molar-refractivity contribution >= 4 is 11.8 Å². The number of likely N-dealkylation sites (tertiary alicyclic amines) is 1. The molecular weight excluding hydrogens is 262 g/mol. The van der Waals surface area contributed by atoms with Crippen LogP contribution in [-0.2, 0) is 23.8 Å². The number of carbonyl (C=O) groups excluding carboxylic acids is 2. The normalized spacial score (nSPS) is 34.4. The molecule has 110 valence electrons. The van der Waals surface area contributed by atoms with Gasteiger partial charge in [0.15, 0.2) is 0 Å². The molecule has 3 aliphatic rings. The lowest BCUT2D eigenvalue weighted by atomic mass is 9.85. The number of ether oxygens (including phenoxy) is 3. The number of methoxy groups -OCH3 is 1. The van der Waals surface area contributed by atoms with Crippen LogP contribution in [0.3, 0.4) is 0 Å². The van der Waals surface area contributed by atoms with Crippen molar-refractivity contribution in [2.45, 2.75) is 18.6 Å². The lowest BCUT2D eigenvalue weighted by molar-refractivity contribution is -0.142. The van der Waals surface area contributed by atoms with E-state index in [1.807, 2.05) is 12.2 Å². The van der Waals surface area contributed by atoms with E-state index in [0.29, 0.717) is 32.8 Å². The van der Waals surface area contributed by atoms with E-state index in [9.17, 15) is 9.59 Å². The number of imide groups is 1. The Hall–Kier alpha value is -1.24. The topological polar surface area (TPSA) is 65.1 Å². The minimum Gasteiger partial charge on any atom is -0.382 e. The molecule has 2 fully saturated rings. The van der Waals surface area contributed by atoms with Crippen molar-refractivity contribution in [3.63, 3.8) is 0 Å². The SMILES string of the molecule is COCCOCCCN1C(=O)C2C3C=CC(O3)C2C1=O. The van der Waals surface area contributed by atoms with Crippen LogP contribution in [0.15, 0.2) is 12.2 Å². The molecule has 2 bridgehead atoms. The number of amides is 2. The molecule has 0 saturated carbocycles. The summed E-state index contributed by atoms with van der Waals surface area (Å²) in [5.74, 6) is -0.777. The molecule has 2 saturated heterocycles. The fourth-order valence-electron chi connectivity index (χ4n) is 3.15. The van der Waals surface area contributed by atoms with Gasteiger partial charge in [-0.25, -0.2) is 0 Å². The second-order valence-electron chi connectivity index (χ2n) is 5.29. The molecule has 2 amide bonds. The van der Waals surface area contributed by atoms with Crippen LogP contribution in [0.25, 0.3) is 0 Å². The molecule has 4 unspecified atom stereocenters. The fourth-order valence-corrected chi connectivity index (χ4v) is 3.15. The van der Waals surface area contributed by atoms with Crippen LogP contribution in [0.2, 0.25) is 0 Å². The standard InChI is InChI=1S/C14H19NO5/c1-18-7-8-19-6-2-5-15-13(16)11-9-3-4-10(20-9)12(11)14(15)17/h3-4,9-12H,2,5-8H2,1H3. The lowest BCUT2D eigenvalue weighted by Crippen LogP contribution is -2.35. The van der Waals surface area contributed by atoms with Crippen LogP contribution in [0.4, 0.5) is 0 Å². The highest BCUT2D eigenvalue weighted by atomic mass is 16.5. The summed E-state index contributed by atoms with van der Waals surface area (Å²) in [5, 5.41) is 0. The first-order valence-electron chi connectivity index (χ1n) is 6.99.